The first-order valence-corrected chi connectivity index (χ1v) is 13.9. The zero-order chi connectivity index (χ0) is 29.4. The fourth-order valence-electron chi connectivity index (χ4n) is 5.13. The molecule has 1 fully saturated rings. The highest BCUT2D eigenvalue weighted by Gasteiger charge is 2.26. The Balaban J connectivity index is 1.27. The van der Waals surface area contributed by atoms with Gasteiger partial charge in [0.25, 0.3) is 5.56 Å². The van der Waals surface area contributed by atoms with Gasteiger partial charge in [-0.3, -0.25) is 18.7 Å². The number of aromatic nitrogens is 4. The molecule has 3 aromatic carbocycles. The minimum atomic E-state index is -0.776. The van der Waals surface area contributed by atoms with Gasteiger partial charge in [0, 0.05) is 31.3 Å². The van der Waals surface area contributed by atoms with Crippen LogP contribution in [0.5, 0.6) is 0 Å². The van der Waals surface area contributed by atoms with Gasteiger partial charge in [-0.25, -0.2) is 14.2 Å². The number of rotatable bonds is 9. The van der Waals surface area contributed by atoms with Crippen molar-refractivity contribution in [1.29, 1.82) is 0 Å². The summed E-state index contributed by atoms with van der Waals surface area (Å²) in [7, 11) is 1.69. The van der Waals surface area contributed by atoms with Crippen LogP contribution in [0.3, 0.4) is 0 Å². The summed E-state index contributed by atoms with van der Waals surface area (Å²) in [5.41, 5.74) is 8.30. The first-order chi connectivity index (χ1) is 20.3. The Bertz CT molecular complexity index is 1870. The zero-order valence-corrected chi connectivity index (χ0v) is 23.2. The van der Waals surface area contributed by atoms with E-state index in [1.165, 1.54) is 15.5 Å². The molecule has 10 heteroatoms. The quantitative estimate of drug-likeness (QED) is 0.282. The second-order valence-electron chi connectivity index (χ2n) is 10.8. The van der Waals surface area contributed by atoms with Gasteiger partial charge in [-0.05, 0) is 48.1 Å². The first kappa shape index (κ1) is 27.3. The van der Waals surface area contributed by atoms with E-state index in [2.05, 4.69) is 9.97 Å². The van der Waals surface area contributed by atoms with Crippen molar-refractivity contribution >= 4 is 22.8 Å². The molecule has 0 radical (unpaired) electrons. The van der Waals surface area contributed by atoms with Gasteiger partial charge in [0.1, 0.15) is 23.2 Å². The van der Waals surface area contributed by atoms with Gasteiger partial charge in [-0.1, -0.05) is 60.7 Å². The van der Waals surface area contributed by atoms with Gasteiger partial charge in [0.2, 0.25) is 5.91 Å². The Morgan fingerprint density at radius 2 is 1.71 bits per heavy atom. The molecule has 0 aliphatic heterocycles. The smallest absolute Gasteiger partial charge is 0.333 e. The van der Waals surface area contributed by atoms with E-state index in [1.54, 1.807) is 25.2 Å². The van der Waals surface area contributed by atoms with Crippen molar-refractivity contribution in [3.05, 3.63) is 128 Å². The molecule has 0 saturated heterocycles. The Morgan fingerprint density at radius 1 is 1.02 bits per heavy atom. The number of carbonyl (C=O) groups excluding carboxylic acids is 1. The van der Waals surface area contributed by atoms with Gasteiger partial charge in [-0.2, -0.15) is 0 Å². The minimum Gasteiger partial charge on any atom is -0.336 e. The van der Waals surface area contributed by atoms with Crippen molar-refractivity contribution in [2.45, 2.75) is 38.4 Å². The van der Waals surface area contributed by atoms with E-state index in [-0.39, 0.29) is 23.5 Å². The molecular weight excluding hydrogens is 535 g/mol. The van der Waals surface area contributed by atoms with Gasteiger partial charge < -0.3 is 15.6 Å². The van der Waals surface area contributed by atoms with Crippen LogP contribution in [0.2, 0.25) is 0 Å². The third-order valence-corrected chi connectivity index (χ3v) is 7.78. The zero-order valence-electron chi connectivity index (χ0n) is 23.2. The van der Waals surface area contributed by atoms with Crippen LogP contribution in [-0.4, -0.2) is 32.1 Å². The summed E-state index contributed by atoms with van der Waals surface area (Å²) in [5.74, 6) is 0.179. The van der Waals surface area contributed by atoms with Crippen molar-refractivity contribution < 1.29 is 9.18 Å². The minimum absolute atomic E-state index is 0.166. The molecule has 2 aromatic heterocycles. The van der Waals surface area contributed by atoms with Crippen molar-refractivity contribution in [3.8, 4) is 0 Å². The topological polar surface area (TPSA) is 119 Å². The maximum atomic E-state index is 14.4. The molecule has 1 aliphatic carbocycles. The predicted octanol–water partition coefficient (Wildman–Crippen LogP) is 3.74. The lowest BCUT2D eigenvalue weighted by Gasteiger charge is -2.22. The Morgan fingerprint density at radius 3 is 2.40 bits per heavy atom. The molecule has 0 bridgehead atoms. The summed E-state index contributed by atoms with van der Waals surface area (Å²) in [4.78, 5) is 49.2. The molecule has 0 spiro atoms. The maximum absolute atomic E-state index is 14.4. The lowest BCUT2D eigenvalue weighted by molar-refractivity contribution is -0.119. The van der Waals surface area contributed by atoms with Crippen LogP contribution in [0.25, 0.3) is 11.2 Å². The number of nitrogens with zero attached hydrogens (tertiary/aromatic N) is 4. The van der Waals surface area contributed by atoms with Crippen molar-refractivity contribution in [3.63, 3.8) is 0 Å². The summed E-state index contributed by atoms with van der Waals surface area (Å²) < 4.78 is 17.0. The number of imidazole rings is 1. The van der Waals surface area contributed by atoms with Gasteiger partial charge in [-0.15, -0.1) is 0 Å². The first-order valence-electron chi connectivity index (χ1n) is 13.9. The number of anilines is 1. The second-order valence-corrected chi connectivity index (χ2v) is 10.8. The molecule has 3 N–H and O–H groups in total. The number of likely N-dealkylation sites (N-methyl/N-ethyl adjacent to an activating group) is 1. The Kier molecular flexibility index (Phi) is 7.30. The second kappa shape index (κ2) is 11.2. The SMILES string of the molecule is CN(C(=O)C(N)c1ccccc1)c1ccc(Cc2nc3c([nH]2)c(=O)n(Cc2ccccc2F)c(=O)n3CC2CC2)cc1. The summed E-state index contributed by atoms with van der Waals surface area (Å²) in [6, 6.07) is 22.0. The number of hydrogen-bond donors (Lipinski definition) is 2. The van der Waals surface area contributed by atoms with Crippen LogP contribution in [-0.2, 0) is 24.3 Å². The summed E-state index contributed by atoms with van der Waals surface area (Å²) >= 11 is 0. The molecule has 2 heterocycles. The van der Waals surface area contributed by atoms with E-state index in [1.807, 2.05) is 54.6 Å². The number of nitrogens with two attached hydrogens (primary N) is 1. The fraction of sp³-hybridized carbons (Fsp3) is 0.250. The number of aromatic amines is 1. The van der Waals surface area contributed by atoms with Gasteiger partial charge >= 0.3 is 5.69 Å². The molecule has 6 rings (SSSR count). The number of benzene rings is 3. The molecule has 1 aliphatic rings. The average molecular weight is 567 g/mol. The summed E-state index contributed by atoms with van der Waals surface area (Å²) in [5, 5.41) is 0. The van der Waals surface area contributed by atoms with E-state index in [9.17, 15) is 18.8 Å². The van der Waals surface area contributed by atoms with Crippen LogP contribution in [0.4, 0.5) is 10.1 Å². The highest BCUT2D eigenvalue weighted by atomic mass is 19.1. The monoisotopic (exact) mass is 566 g/mol. The van der Waals surface area contributed by atoms with E-state index < -0.39 is 23.1 Å². The van der Waals surface area contributed by atoms with Crippen molar-refractivity contribution in [2.24, 2.45) is 11.7 Å². The van der Waals surface area contributed by atoms with Crippen LogP contribution < -0.4 is 21.9 Å². The van der Waals surface area contributed by atoms with E-state index in [4.69, 9.17) is 5.73 Å². The molecule has 214 valence electrons. The lowest BCUT2D eigenvalue weighted by atomic mass is 10.1. The molecule has 1 amide bonds. The average Bonchev–Trinajstić information content (AvgIpc) is 3.74. The third kappa shape index (κ3) is 5.40. The molecule has 9 nitrogen and oxygen atoms in total. The standard InChI is InChI=1S/C32H31FN6O3/c1-37(30(40)27(34)22-7-3-2-4-8-22)24-15-13-20(14-16-24)17-26-35-28-29(36-26)38(18-21-11-12-21)32(42)39(31(28)41)19-23-9-5-6-10-25(23)33/h2-10,13-16,21,27H,11-12,17-19,34H2,1H3,(H,35,36). The van der Waals surface area contributed by atoms with E-state index in [0.29, 0.717) is 36.0 Å². The van der Waals surface area contributed by atoms with Crippen LogP contribution >= 0.6 is 0 Å². The third-order valence-electron chi connectivity index (χ3n) is 7.78. The van der Waals surface area contributed by atoms with Crippen LogP contribution in [0.15, 0.2) is 88.5 Å². The number of carbonyl (C=O) groups is 1. The number of hydrogen-bond acceptors (Lipinski definition) is 5. The maximum Gasteiger partial charge on any atom is 0.333 e. The highest BCUT2D eigenvalue weighted by molar-refractivity contribution is 5.97. The van der Waals surface area contributed by atoms with Crippen LogP contribution in [0.1, 0.15) is 41.4 Å². The molecule has 1 atom stereocenters. The molecule has 42 heavy (non-hydrogen) atoms. The number of amides is 1. The van der Waals surface area contributed by atoms with E-state index in [0.717, 1.165) is 28.5 Å². The Labute approximate surface area is 241 Å². The summed E-state index contributed by atoms with van der Waals surface area (Å²) in [6.07, 6.45) is 2.40. The Hall–Kier alpha value is -4.83. The van der Waals surface area contributed by atoms with Gasteiger partial charge in [0.05, 0.1) is 6.54 Å². The summed E-state index contributed by atoms with van der Waals surface area (Å²) in [6.45, 7) is 0.290. The molecule has 1 saturated carbocycles. The number of H-pyrrole nitrogens is 1. The molecule has 1 unspecified atom stereocenters. The predicted molar refractivity (Wildman–Crippen MR) is 159 cm³/mol. The highest BCUT2D eigenvalue weighted by Crippen LogP contribution is 2.30. The number of fused-ring (bicyclic) bond motifs is 1. The van der Waals surface area contributed by atoms with Gasteiger partial charge in [0.15, 0.2) is 5.65 Å². The van der Waals surface area contributed by atoms with E-state index >= 15 is 0 Å². The fourth-order valence-corrected chi connectivity index (χ4v) is 5.13. The normalized spacial score (nSPS) is 13.8. The number of nitrogens with one attached hydrogen (secondary N) is 1. The largest absolute Gasteiger partial charge is 0.336 e. The molecular formula is C32H31FN6O3. The van der Waals surface area contributed by atoms with Crippen molar-refractivity contribution in [1.82, 2.24) is 19.1 Å². The number of halogens is 1. The van der Waals surface area contributed by atoms with Crippen LogP contribution in [0, 0.1) is 11.7 Å². The molecule has 5 aromatic rings. The van der Waals surface area contributed by atoms with Crippen molar-refractivity contribution in [2.75, 3.05) is 11.9 Å². The lowest BCUT2D eigenvalue weighted by Crippen LogP contribution is -2.40.